The summed E-state index contributed by atoms with van der Waals surface area (Å²) in [5, 5.41) is 11.5. The Hall–Kier alpha value is -1.91. The number of carbonyl (C=O) groups is 2. The van der Waals surface area contributed by atoms with Crippen LogP contribution in [0.4, 0.5) is 4.39 Å². The summed E-state index contributed by atoms with van der Waals surface area (Å²) in [6.45, 7) is 3.51. The number of halogens is 1. The first-order valence-electron chi connectivity index (χ1n) is 6.69. The van der Waals surface area contributed by atoms with Gasteiger partial charge in [0.1, 0.15) is 5.82 Å². The maximum absolute atomic E-state index is 13.0. The number of carboxylic acid groups (broad SMARTS) is 1. The van der Waals surface area contributed by atoms with Gasteiger partial charge in [0.25, 0.3) is 5.91 Å². The fourth-order valence-corrected chi connectivity index (χ4v) is 1.86. The van der Waals surface area contributed by atoms with Gasteiger partial charge in [0.05, 0.1) is 5.92 Å². The van der Waals surface area contributed by atoms with Crippen LogP contribution < -0.4 is 5.32 Å². The standard InChI is InChI=1S/C15H20FNO3/c1-10(15(19)20)5-3-6-11(2)17-14(18)12-7-4-8-13(16)9-12/h4,7-11H,3,5-6H2,1-2H3,(H,17,18)(H,19,20). The van der Waals surface area contributed by atoms with E-state index in [-0.39, 0.29) is 23.4 Å². The van der Waals surface area contributed by atoms with Gasteiger partial charge in [-0.05, 0) is 38.0 Å². The molecule has 0 bridgehead atoms. The first-order valence-corrected chi connectivity index (χ1v) is 6.69. The zero-order chi connectivity index (χ0) is 15.1. The summed E-state index contributed by atoms with van der Waals surface area (Å²) < 4.78 is 13.0. The van der Waals surface area contributed by atoms with E-state index in [0.29, 0.717) is 12.8 Å². The maximum Gasteiger partial charge on any atom is 0.306 e. The quantitative estimate of drug-likeness (QED) is 0.807. The van der Waals surface area contributed by atoms with Crippen LogP contribution in [0.3, 0.4) is 0 Å². The molecule has 0 saturated carbocycles. The molecule has 0 heterocycles. The van der Waals surface area contributed by atoms with Crippen molar-refractivity contribution in [2.75, 3.05) is 0 Å². The third kappa shape index (κ3) is 5.38. The van der Waals surface area contributed by atoms with E-state index in [1.54, 1.807) is 13.0 Å². The number of aliphatic carboxylic acids is 1. The predicted octanol–water partition coefficient (Wildman–Crippen LogP) is 2.84. The van der Waals surface area contributed by atoms with Crippen LogP contribution in [0.1, 0.15) is 43.5 Å². The highest BCUT2D eigenvalue weighted by atomic mass is 19.1. The van der Waals surface area contributed by atoms with Gasteiger partial charge in [-0.1, -0.05) is 19.4 Å². The van der Waals surface area contributed by atoms with Crippen molar-refractivity contribution in [1.82, 2.24) is 5.32 Å². The van der Waals surface area contributed by atoms with Crippen LogP contribution in [0.2, 0.25) is 0 Å². The number of hydrogen-bond acceptors (Lipinski definition) is 2. The Morgan fingerprint density at radius 2 is 2.00 bits per heavy atom. The van der Waals surface area contributed by atoms with Crippen LogP contribution >= 0.6 is 0 Å². The maximum atomic E-state index is 13.0. The molecule has 0 spiro atoms. The van der Waals surface area contributed by atoms with Gasteiger partial charge in [0.15, 0.2) is 0 Å². The van der Waals surface area contributed by atoms with Gasteiger partial charge in [0.2, 0.25) is 0 Å². The molecule has 2 atom stereocenters. The second kappa shape index (κ2) is 7.62. The molecule has 1 aromatic carbocycles. The van der Waals surface area contributed by atoms with Crippen molar-refractivity contribution in [2.24, 2.45) is 5.92 Å². The molecule has 2 unspecified atom stereocenters. The highest BCUT2D eigenvalue weighted by Crippen LogP contribution is 2.10. The molecular weight excluding hydrogens is 261 g/mol. The molecule has 110 valence electrons. The molecule has 5 heteroatoms. The topological polar surface area (TPSA) is 66.4 Å². The van der Waals surface area contributed by atoms with Crippen LogP contribution in [0.5, 0.6) is 0 Å². The number of carboxylic acids is 1. The lowest BCUT2D eigenvalue weighted by Gasteiger charge is -2.14. The van der Waals surface area contributed by atoms with Gasteiger partial charge in [0, 0.05) is 11.6 Å². The van der Waals surface area contributed by atoms with Gasteiger partial charge in [-0.3, -0.25) is 9.59 Å². The summed E-state index contributed by atoms with van der Waals surface area (Å²) in [5.41, 5.74) is 0.288. The van der Waals surface area contributed by atoms with E-state index in [2.05, 4.69) is 5.32 Å². The van der Waals surface area contributed by atoms with E-state index < -0.39 is 11.8 Å². The highest BCUT2D eigenvalue weighted by molar-refractivity contribution is 5.94. The summed E-state index contributed by atoms with van der Waals surface area (Å²) in [5.74, 6) is -1.94. The average molecular weight is 281 g/mol. The number of hydrogen-bond donors (Lipinski definition) is 2. The molecule has 0 aliphatic heterocycles. The Balaban J connectivity index is 2.37. The second-order valence-electron chi connectivity index (χ2n) is 5.06. The Morgan fingerprint density at radius 3 is 2.60 bits per heavy atom. The van der Waals surface area contributed by atoms with Gasteiger partial charge in [-0.15, -0.1) is 0 Å². The molecule has 20 heavy (non-hydrogen) atoms. The summed E-state index contributed by atoms with van der Waals surface area (Å²) in [6.07, 6.45) is 1.99. The normalized spacial score (nSPS) is 13.6. The number of nitrogens with one attached hydrogen (secondary N) is 1. The number of carbonyl (C=O) groups excluding carboxylic acids is 1. The highest BCUT2D eigenvalue weighted by Gasteiger charge is 2.13. The van der Waals surface area contributed by atoms with Gasteiger partial charge < -0.3 is 10.4 Å². The first kappa shape index (κ1) is 16.1. The Kier molecular flexibility index (Phi) is 6.15. The summed E-state index contributed by atoms with van der Waals surface area (Å²) >= 11 is 0. The largest absolute Gasteiger partial charge is 0.481 e. The lowest BCUT2D eigenvalue weighted by molar-refractivity contribution is -0.141. The molecule has 0 aliphatic carbocycles. The Morgan fingerprint density at radius 1 is 1.30 bits per heavy atom. The van der Waals surface area contributed by atoms with Crippen molar-refractivity contribution in [3.63, 3.8) is 0 Å². The molecule has 0 aromatic heterocycles. The monoisotopic (exact) mass is 281 g/mol. The van der Waals surface area contributed by atoms with Crippen LogP contribution in [0.15, 0.2) is 24.3 Å². The van der Waals surface area contributed by atoms with Crippen molar-refractivity contribution < 1.29 is 19.1 Å². The smallest absolute Gasteiger partial charge is 0.306 e. The lowest BCUT2D eigenvalue weighted by Crippen LogP contribution is -2.32. The molecule has 0 aliphatic rings. The molecular formula is C15H20FNO3. The van der Waals surface area contributed by atoms with Crippen LogP contribution in [0.25, 0.3) is 0 Å². The molecule has 4 nitrogen and oxygen atoms in total. The number of rotatable bonds is 7. The van der Waals surface area contributed by atoms with Crippen molar-refractivity contribution in [1.29, 1.82) is 0 Å². The fraction of sp³-hybridized carbons (Fsp3) is 0.467. The van der Waals surface area contributed by atoms with E-state index in [1.807, 2.05) is 6.92 Å². The van der Waals surface area contributed by atoms with Crippen molar-refractivity contribution in [3.8, 4) is 0 Å². The summed E-state index contributed by atoms with van der Waals surface area (Å²) in [7, 11) is 0. The SMILES string of the molecule is CC(CCCC(C)C(=O)O)NC(=O)c1cccc(F)c1. The van der Waals surface area contributed by atoms with Crippen molar-refractivity contribution >= 4 is 11.9 Å². The Bertz CT molecular complexity index is 476. The van der Waals surface area contributed by atoms with Crippen LogP contribution in [-0.2, 0) is 4.79 Å². The third-order valence-electron chi connectivity index (χ3n) is 3.16. The zero-order valence-corrected chi connectivity index (χ0v) is 11.7. The van der Waals surface area contributed by atoms with Gasteiger partial charge in [-0.25, -0.2) is 4.39 Å². The van der Waals surface area contributed by atoms with E-state index in [4.69, 9.17) is 5.11 Å². The second-order valence-corrected chi connectivity index (χ2v) is 5.06. The summed E-state index contributed by atoms with van der Waals surface area (Å²) in [4.78, 5) is 22.5. The number of benzene rings is 1. The van der Waals surface area contributed by atoms with E-state index in [0.717, 1.165) is 6.42 Å². The molecule has 1 aromatic rings. The minimum absolute atomic E-state index is 0.0771. The molecule has 1 amide bonds. The van der Waals surface area contributed by atoms with Crippen molar-refractivity contribution in [2.45, 2.75) is 39.2 Å². The van der Waals surface area contributed by atoms with Crippen molar-refractivity contribution in [3.05, 3.63) is 35.6 Å². The molecule has 0 saturated heterocycles. The van der Waals surface area contributed by atoms with E-state index in [9.17, 15) is 14.0 Å². The fourth-order valence-electron chi connectivity index (χ4n) is 1.86. The average Bonchev–Trinajstić information content (AvgIpc) is 2.38. The first-order chi connectivity index (χ1) is 9.40. The predicted molar refractivity (Wildman–Crippen MR) is 74.0 cm³/mol. The van der Waals surface area contributed by atoms with Gasteiger partial charge in [-0.2, -0.15) is 0 Å². The summed E-state index contributed by atoms with van der Waals surface area (Å²) in [6, 6.07) is 5.44. The third-order valence-corrected chi connectivity index (χ3v) is 3.16. The zero-order valence-electron chi connectivity index (χ0n) is 11.7. The minimum atomic E-state index is -0.804. The molecule has 0 radical (unpaired) electrons. The van der Waals surface area contributed by atoms with E-state index >= 15 is 0 Å². The van der Waals surface area contributed by atoms with E-state index in [1.165, 1.54) is 18.2 Å². The minimum Gasteiger partial charge on any atom is -0.481 e. The lowest BCUT2D eigenvalue weighted by atomic mass is 10.0. The number of amides is 1. The Labute approximate surface area is 118 Å². The molecule has 1 rings (SSSR count). The molecule has 2 N–H and O–H groups in total. The van der Waals surface area contributed by atoms with Gasteiger partial charge >= 0.3 is 5.97 Å². The molecule has 0 fully saturated rings. The van der Waals surface area contributed by atoms with Crippen LogP contribution in [-0.4, -0.2) is 23.0 Å². The van der Waals surface area contributed by atoms with Crippen LogP contribution in [0, 0.1) is 11.7 Å².